The topological polar surface area (TPSA) is 108 Å². The number of aromatic carboxylic acids is 1. The molecular formula is C26H29NO6. The number of β-amino-alcohol motifs (C(OH)–C–C–N with tert-alkyl or cyclic N) is 1. The van der Waals surface area contributed by atoms with Crippen molar-refractivity contribution in [3.8, 4) is 23.0 Å². The summed E-state index contributed by atoms with van der Waals surface area (Å²) in [5.41, 5.74) is 1.05. The van der Waals surface area contributed by atoms with E-state index in [1.54, 1.807) is 30.3 Å². The molecule has 7 nitrogen and oxygen atoms in total. The van der Waals surface area contributed by atoms with Gasteiger partial charge < -0.3 is 30.1 Å². The molecule has 0 aliphatic heterocycles. The van der Waals surface area contributed by atoms with E-state index < -0.39 is 12.1 Å². The van der Waals surface area contributed by atoms with Gasteiger partial charge in [-0.1, -0.05) is 18.2 Å². The van der Waals surface area contributed by atoms with Crippen LogP contribution in [0.1, 0.15) is 29.8 Å². The average Bonchev–Trinajstić information content (AvgIpc) is 2.78. The van der Waals surface area contributed by atoms with E-state index in [2.05, 4.69) is 19.2 Å². The maximum atomic E-state index is 10.9. The van der Waals surface area contributed by atoms with Gasteiger partial charge in [0.1, 0.15) is 35.7 Å². The van der Waals surface area contributed by atoms with Crippen molar-refractivity contribution in [1.29, 1.82) is 0 Å². The number of hydrogen-bond acceptors (Lipinski definition) is 6. The van der Waals surface area contributed by atoms with Crippen LogP contribution >= 0.6 is 0 Å². The first-order valence-corrected chi connectivity index (χ1v) is 10.7. The quantitative estimate of drug-likeness (QED) is 0.345. The minimum Gasteiger partial charge on any atom is -0.508 e. The molecule has 0 radical (unpaired) electrons. The van der Waals surface area contributed by atoms with Gasteiger partial charge in [-0.2, -0.15) is 0 Å². The molecule has 3 aromatic rings. The highest BCUT2D eigenvalue weighted by molar-refractivity contribution is 5.87. The van der Waals surface area contributed by atoms with Crippen LogP contribution in [-0.2, 0) is 6.42 Å². The standard InChI is InChI=1S/C26H29NO6/c1-26(2,27-16-21(29)17-32-24-5-3-4-20(28)14-24)15-18-6-10-22(11-7-18)33-23-12-8-19(9-13-23)25(30)31/h3-14,21,27-29H,15-17H2,1-2H3,(H,30,31). The highest BCUT2D eigenvalue weighted by atomic mass is 16.5. The van der Waals surface area contributed by atoms with E-state index >= 15 is 0 Å². The van der Waals surface area contributed by atoms with E-state index in [1.165, 1.54) is 18.2 Å². The third-order valence-electron chi connectivity index (χ3n) is 4.98. The lowest BCUT2D eigenvalue weighted by Crippen LogP contribution is -2.46. The van der Waals surface area contributed by atoms with Crippen LogP contribution in [0.15, 0.2) is 72.8 Å². The van der Waals surface area contributed by atoms with Crippen molar-refractivity contribution in [2.75, 3.05) is 13.2 Å². The number of phenolic OH excluding ortho intramolecular Hbond substituents is 1. The minimum atomic E-state index is -0.973. The first-order chi connectivity index (χ1) is 15.7. The molecule has 0 saturated heterocycles. The Labute approximate surface area is 193 Å². The molecule has 0 heterocycles. The van der Waals surface area contributed by atoms with Crippen LogP contribution in [-0.4, -0.2) is 46.1 Å². The Morgan fingerprint density at radius 1 is 0.970 bits per heavy atom. The second-order valence-corrected chi connectivity index (χ2v) is 8.48. The molecule has 0 aliphatic rings. The molecule has 1 unspecified atom stereocenters. The van der Waals surface area contributed by atoms with E-state index in [-0.39, 0.29) is 23.5 Å². The minimum absolute atomic E-state index is 0.117. The van der Waals surface area contributed by atoms with Crippen LogP contribution in [0.5, 0.6) is 23.0 Å². The molecule has 0 fully saturated rings. The van der Waals surface area contributed by atoms with Gasteiger partial charge in [0.2, 0.25) is 0 Å². The third kappa shape index (κ3) is 7.82. The predicted molar refractivity (Wildman–Crippen MR) is 125 cm³/mol. The molecule has 0 saturated carbocycles. The van der Waals surface area contributed by atoms with Crippen LogP contribution in [0, 0.1) is 0 Å². The van der Waals surface area contributed by atoms with Gasteiger partial charge in [0, 0.05) is 18.2 Å². The Balaban J connectivity index is 1.46. The third-order valence-corrected chi connectivity index (χ3v) is 4.98. The molecule has 3 aromatic carbocycles. The maximum Gasteiger partial charge on any atom is 0.335 e. The maximum absolute atomic E-state index is 10.9. The zero-order chi connectivity index (χ0) is 23.8. The Kier molecular flexibility index (Phi) is 7.92. The molecule has 0 spiro atoms. The number of aliphatic hydroxyl groups is 1. The number of phenols is 1. The molecule has 0 aromatic heterocycles. The van der Waals surface area contributed by atoms with Crippen molar-refractivity contribution in [1.82, 2.24) is 5.32 Å². The van der Waals surface area contributed by atoms with Gasteiger partial charge in [-0.15, -0.1) is 0 Å². The van der Waals surface area contributed by atoms with Crippen molar-refractivity contribution < 1.29 is 29.6 Å². The van der Waals surface area contributed by atoms with E-state index in [1.807, 2.05) is 24.3 Å². The predicted octanol–water partition coefficient (Wildman–Crippen LogP) is 4.23. The zero-order valence-electron chi connectivity index (χ0n) is 18.7. The normalized spacial score (nSPS) is 12.2. The Morgan fingerprint density at radius 3 is 2.21 bits per heavy atom. The fraction of sp³-hybridized carbons (Fsp3) is 0.269. The number of benzene rings is 3. The summed E-state index contributed by atoms with van der Waals surface area (Å²) in [5.74, 6) is 0.879. The van der Waals surface area contributed by atoms with Gasteiger partial charge in [0.25, 0.3) is 0 Å². The van der Waals surface area contributed by atoms with Gasteiger partial charge >= 0.3 is 5.97 Å². The zero-order valence-corrected chi connectivity index (χ0v) is 18.7. The van der Waals surface area contributed by atoms with Crippen LogP contribution in [0.2, 0.25) is 0 Å². The number of carboxylic acid groups (broad SMARTS) is 1. The molecule has 0 amide bonds. The number of rotatable bonds is 11. The smallest absolute Gasteiger partial charge is 0.335 e. The number of aromatic hydroxyl groups is 1. The van der Waals surface area contributed by atoms with Crippen molar-refractivity contribution in [3.05, 3.63) is 83.9 Å². The van der Waals surface area contributed by atoms with Crippen molar-refractivity contribution in [2.24, 2.45) is 0 Å². The Hall–Kier alpha value is -3.55. The van der Waals surface area contributed by atoms with Gasteiger partial charge in [0.15, 0.2) is 0 Å². The molecule has 4 N–H and O–H groups in total. The lowest BCUT2D eigenvalue weighted by Gasteiger charge is -2.28. The highest BCUT2D eigenvalue weighted by Crippen LogP contribution is 2.23. The summed E-state index contributed by atoms with van der Waals surface area (Å²) >= 11 is 0. The second-order valence-electron chi connectivity index (χ2n) is 8.48. The van der Waals surface area contributed by atoms with Gasteiger partial charge in [0.05, 0.1) is 5.56 Å². The summed E-state index contributed by atoms with van der Waals surface area (Å²) < 4.78 is 11.3. The number of ether oxygens (including phenoxy) is 2. The fourth-order valence-corrected chi connectivity index (χ4v) is 3.27. The molecule has 33 heavy (non-hydrogen) atoms. The van der Waals surface area contributed by atoms with E-state index in [0.717, 1.165) is 12.0 Å². The average molecular weight is 452 g/mol. The Bertz CT molecular complexity index is 1050. The first-order valence-electron chi connectivity index (χ1n) is 10.7. The van der Waals surface area contributed by atoms with Crippen molar-refractivity contribution >= 4 is 5.97 Å². The monoisotopic (exact) mass is 451 g/mol. The van der Waals surface area contributed by atoms with Crippen LogP contribution in [0.3, 0.4) is 0 Å². The molecule has 0 aliphatic carbocycles. The van der Waals surface area contributed by atoms with Gasteiger partial charge in [-0.3, -0.25) is 0 Å². The van der Waals surface area contributed by atoms with Gasteiger partial charge in [-0.05, 0) is 74.4 Å². The van der Waals surface area contributed by atoms with E-state index in [0.29, 0.717) is 23.8 Å². The van der Waals surface area contributed by atoms with Crippen LogP contribution in [0.4, 0.5) is 0 Å². The number of aliphatic hydroxyl groups excluding tert-OH is 1. The molecule has 1 atom stereocenters. The van der Waals surface area contributed by atoms with Crippen LogP contribution in [0.25, 0.3) is 0 Å². The number of carbonyl (C=O) groups is 1. The molecular weight excluding hydrogens is 422 g/mol. The first kappa shape index (κ1) is 24.1. The summed E-state index contributed by atoms with van der Waals surface area (Å²) in [6.07, 6.45) is 0.0377. The number of hydrogen-bond donors (Lipinski definition) is 4. The number of carboxylic acids is 1. The number of nitrogens with one attached hydrogen (secondary N) is 1. The largest absolute Gasteiger partial charge is 0.508 e. The highest BCUT2D eigenvalue weighted by Gasteiger charge is 2.19. The fourth-order valence-electron chi connectivity index (χ4n) is 3.27. The van der Waals surface area contributed by atoms with E-state index in [4.69, 9.17) is 14.6 Å². The molecule has 174 valence electrons. The lowest BCUT2D eigenvalue weighted by molar-refractivity contribution is 0.0697. The molecule has 3 rings (SSSR count). The summed E-state index contributed by atoms with van der Waals surface area (Å²) in [7, 11) is 0. The SMILES string of the molecule is CC(C)(Cc1ccc(Oc2ccc(C(=O)O)cc2)cc1)NCC(O)COc1cccc(O)c1. The van der Waals surface area contributed by atoms with Gasteiger partial charge in [-0.25, -0.2) is 4.79 Å². The lowest BCUT2D eigenvalue weighted by atomic mass is 9.94. The second kappa shape index (κ2) is 10.8. The summed E-state index contributed by atoms with van der Waals surface area (Å²) in [6, 6.07) is 20.4. The molecule has 0 bridgehead atoms. The van der Waals surface area contributed by atoms with Crippen molar-refractivity contribution in [3.63, 3.8) is 0 Å². The Morgan fingerprint density at radius 2 is 1.61 bits per heavy atom. The van der Waals surface area contributed by atoms with Crippen LogP contribution < -0.4 is 14.8 Å². The summed E-state index contributed by atoms with van der Waals surface area (Å²) in [4.78, 5) is 10.9. The summed E-state index contributed by atoms with van der Waals surface area (Å²) in [6.45, 7) is 4.60. The summed E-state index contributed by atoms with van der Waals surface area (Å²) in [5, 5.41) is 32.0. The van der Waals surface area contributed by atoms with Crippen molar-refractivity contribution in [2.45, 2.75) is 31.9 Å². The van der Waals surface area contributed by atoms with E-state index in [9.17, 15) is 15.0 Å². The molecule has 7 heteroatoms.